The van der Waals surface area contributed by atoms with E-state index in [0.717, 1.165) is 11.3 Å². The molecule has 1 rings (SSSR count). The molecule has 3 nitrogen and oxygen atoms in total. The lowest BCUT2D eigenvalue weighted by Crippen LogP contribution is -2.07. The van der Waals surface area contributed by atoms with Crippen molar-refractivity contribution in [1.82, 2.24) is 0 Å². The van der Waals surface area contributed by atoms with Crippen LogP contribution in [0, 0.1) is 0 Å². The van der Waals surface area contributed by atoms with Gasteiger partial charge in [-0.15, -0.1) is 6.58 Å². The SMILES string of the molecule is C=CC[C@@H](OC(C)=O)c1cccc(OC)c1. The van der Waals surface area contributed by atoms with Crippen molar-refractivity contribution in [3.63, 3.8) is 0 Å². The molecule has 0 saturated carbocycles. The number of carbonyl (C=O) groups excluding carboxylic acids is 1. The lowest BCUT2D eigenvalue weighted by atomic mass is 10.1. The van der Waals surface area contributed by atoms with Crippen LogP contribution < -0.4 is 4.74 Å². The maximum absolute atomic E-state index is 11.0. The van der Waals surface area contributed by atoms with Crippen molar-refractivity contribution < 1.29 is 14.3 Å². The maximum Gasteiger partial charge on any atom is 0.303 e. The van der Waals surface area contributed by atoms with E-state index in [1.807, 2.05) is 24.3 Å². The topological polar surface area (TPSA) is 35.5 Å². The fraction of sp³-hybridized carbons (Fsp3) is 0.308. The maximum atomic E-state index is 11.0. The molecule has 1 atom stereocenters. The summed E-state index contributed by atoms with van der Waals surface area (Å²) in [5, 5.41) is 0. The van der Waals surface area contributed by atoms with E-state index < -0.39 is 0 Å². The van der Waals surface area contributed by atoms with Crippen LogP contribution in [-0.4, -0.2) is 13.1 Å². The Morgan fingerprint density at radius 1 is 1.56 bits per heavy atom. The molecule has 0 amide bonds. The molecule has 3 heteroatoms. The van der Waals surface area contributed by atoms with Crippen LogP contribution in [0.1, 0.15) is 25.0 Å². The monoisotopic (exact) mass is 220 g/mol. The zero-order valence-electron chi connectivity index (χ0n) is 9.60. The van der Waals surface area contributed by atoms with Gasteiger partial charge in [-0.2, -0.15) is 0 Å². The highest BCUT2D eigenvalue weighted by Crippen LogP contribution is 2.25. The van der Waals surface area contributed by atoms with Crippen LogP contribution >= 0.6 is 0 Å². The number of carbonyl (C=O) groups is 1. The van der Waals surface area contributed by atoms with E-state index in [4.69, 9.17) is 9.47 Å². The Morgan fingerprint density at radius 2 is 2.31 bits per heavy atom. The molecule has 0 radical (unpaired) electrons. The average molecular weight is 220 g/mol. The predicted octanol–water partition coefficient (Wildman–Crippen LogP) is 2.88. The Morgan fingerprint density at radius 3 is 2.88 bits per heavy atom. The van der Waals surface area contributed by atoms with Crippen LogP contribution in [0.2, 0.25) is 0 Å². The van der Waals surface area contributed by atoms with E-state index in [-0.39, 0.29) is 12.1 Å². The molecular weight excluding hydrogens is 204 g/mol. The number of hydrogen-bond donors (Lipinski definition) is 0. The van der Waals surface area contributed by atoms with Gasteiger partial charge < -0.3 is 9.47 Å². The Bertz CT molecular complexity index is 371. The van der Waals surface area contributed by atoms with E-state index >= 15 is 0 Å². The zero-order chi connectivity index (χ0) is 12.0. The van der Waals surface area contributed by atoms with Crippen LogP contribution in [0.15, 0.2) is 36.9 Å². The molecule has 0 aliphatic rings. The number of methoxy groups -OCH3 is 1. The lowest BCUT2D eigenvalue weighted by molar-refractivity contribution is -0.146. The van der Waals surface area contributed by atoms with Crippen molar-refractivity contribution in [2.24, 2.45) is 0 Å². The molecule has 0 N–H and O–H groups in total. The fourth-order valence-corrected chi connectivity index (χ4v) is 1.45. The second-order valence-corrected chi connectivity index (χ2v) is 3.40. The molecule has 0 fully saturated rings. The third kappa shape index (κ3) is 3.42. The first kappa shape index (κ1) is 12.3. The summed E-state index contributed by atoms with van der Waals surface area (Å²) in [5.74, 6) is 0.452. The van der Waals surface area contributed by atoms with Gasteiger partial charge in [0.25, 0.3) is 0 Å². The van der Waals surface area contributed by atoms with Gasteiger partial charge in [-0.25, -0.2) is 0 Å². The van der Waals surface area contributed by atoms with Gasteiger partial charge in [0.2, 0.25) is 0 Å². The predicted molar refractivity (Wildman–Crippen MR) is 62.3 cm³/mol. The fourth-order valence-electron chi connectivity index (χ4n) is 1.45. The molecule has 1 aromatic carbocycles. The molecule has 0 aromatic heterocycles. The first-order valence-corrected chi connectivity index (χ1v) is 5.09. The van der Waals surface area contributed by atoms with E-state index in [2.05, 4.69) is 6.58 Å². The summed E-state index contributed by atoms with van der Waals surface area (Å²) in [4.78, 5) is 11.0. The Labute approximate surface area is 95.7 Å². The molecule has 0 spiro atoms. The molecule has 0 bridgehead atoms. The molecular formula is C13H16O3. The van der Waals surface area contributed by atoms with Gasteiger partial charge in [-0.1, -0.05) is 18.2 Å². The summed E-state index contributed by atoms with van der Waals surface area (Å²) < 4.78 is 10.3. The summed E-state index contributed by atoms with van der Waals surface area (Å²) in [6.45, 7) is 5.05. The van der Waals surface area contributed by atoms with Gasteiger partial charge in [0.05, 0.1) is 7.11 Å². The van der Waals surface area contributed by atoms with Crippen molar-refractivity contribution in [3.05, 3.63) is 42.5 Å². The molecule has 16 heavy (non-hydrogen) atoms. The lowest BCUT2D eigenvalue weighted by Gasteiger charge is -2.16. The van der Waals surface area contributed by atoms with Crippen molar-refractivity contribution in [1.29, 1.82) is 0 Å². The first-order chi connectivity index (χ1) is 7.67. The highest BCUT2D eigenvalue weighted by molar-refractivity contribution is 5.66. The Balaban J connectivity index is 2.90. The summed E-state index contributed by atoms with van der Waals surface area (Å²) in [6.07, 6.45) is 2.03. The second-order valence-electron chi connectivity index (χ2n) is 3.40. The van der Waals surface area contributed by atoms with Crippen LogP contribution in [0.5, 0.6) is 5.75 Å². The Kier molecular flexibility index (Phi) is 4.58. The zero-order valence-corrected chi connectivity index (χ0v) is 9.60. The van der Waals surface area contributed by atoms with Crippen molar-refractivity contribution >= 4 is 5.97 Å². The van der Waals surface area contributed by atoms with Crippen molar-refractivity contribution in [2.45, 2.75) is 19.4 Å². The molecule has 0 unspecified atom stereocenters. The van der Waals surface area contributed by atoms with E-state index in [9.17, 15) is 4.79 Å². The summed E-state index contributed by atoms with van der Waals surface area (Å²) in [6, 6.07) is 7.48. The molecule has 0 heterocycles. The van der Waals surface area contributed by atoms with E-state index in [1.54, 1.807) is 13.2 Å². The second kappa shape index (κ2) is 5.95. The molecule has 1 aromatic rings. The van der Waals surface area contributed by atoms with E-state index in [1.165, 1.54) is 6.92 Å². The van der Waals surface area contributed by atoms with Crippen LogP contribution in [-0.2, 0) is 9.53 Å². The highest BCUT2D eigenvalue weighted by atomic mass is 16.5. The number of hydrogen-bond acceptors (Lipinski definition) is 3. The molecule has 0 aliphatic carbocycles. The van der Waals surface area contributed by atoms with Crippen LogP contribution in [0.3, 0.4) is 0 Å². The number of esters is 1. The summed E-state index contributed by atoms with van der Waals surface area (Å²) in [5.41, 5.74) is 0.912. The highest BCUT2D eigenvalue weighted by Gasteiger charge is 2.13. The Hall–Kier alpha value is -1.77. The quantitative estimate of drug-likeness (QED) is 0.565. The number of benzene rings is 1. The standard InChI is InChI=1S/C13H16O3/c1-4-6-13(16-10(2)14)11-7-5-8-12(9-11)15-3/h4-5,7-9,13H,1,6H2,2-3H3/t13-/m1/s1. The normalized spacial score (nSPS) is 11.6. The third-order valence-electron chi connectivity index (χ3n) is 2.15. The molecule has 0 saturated heterocycles. The minimum Gasteiger partial charge on any atom is -0.497 e. The molecule has 86 valence electrons. The smallest absolute Gasteiger partial charge is 0.303 e. The third-order valence-corrected chi connectivity index (χ3v) is 2.15. The van der Waals surface area contributed by atoms with Crippen molar-refractivity contribution in [3.8, 4) is 5.75 Å². The van der Waals surface area contributed by atoms with Gasteiger partial charge >= 0.3 is 5.97 Å². The average Bonchev–Trinajstić information content (AvgIpc) is 2.28. The van der Waals surface area contributed by atoms with Gasteiger partial charge in [0, 0.05) is 13.3 Å². The number of ether oxygens (including phenoxy) is 2. The van der Waals surface area contributed by atoms with Gasteiger partial charge in [0.15, 0.2) is 0 Å². The minimum atomic E-state index is -0.297. The van der Waals surface area contributed by atoms with Gasteiger partial charge in [0.1, 0.15) is 11.9 Å². The van der Waals surface area contributed by atoms with Crippen molar-refractivity contribution in [2.75, 3.05) is 7.11 Å². The van der Waals surface area contributed by atoms with Crippen LogP contribution in [0.25, 0.3) is 0 Å². The summed E-state index contributed by atoms with van der Waals surface area (Å²) in [7, 11) is 1.60. The number of rotatable bonds is 5. The van der Waals surface area contributed by atoms with Gasteiger partial charge in [-0.3, -0.25) is 4.79 Å². The van der Waals surface area contributed by atoms with Gasteiger partial charge in [-0.05, 0) is 17.7 Å². The summed E-state index contributed by atoms with van der Waals surface area (Å²) >= 11 is 0. The molecule has 0 aliphatic heterocycles. The largest absolute Gasteiger partial charge is 0.497 e. The van der Waals surface area contributed by atoms with E-state index in [0.29, 0.717) is 6.42 Å². The van der Waals surface area contributed by atoms with Crippen LogP contribution in [0.4, 0.5) is 0 Å². The minimum absolute atomic E-state index is 0.287. The first-order valence-electron chi connectivity index (χ1n) is 5.09.